The smallest absolute Gasteiger partial charge is 0.211 e. The predicted octanol–water partition coefficient (Wildman–Crippen LogP) is 9.92. The summed E-state index contributed by atoms with van der Waals surface area (Å²) < 4.78 is 1.52. The Balaban J connectivity index is 2.04. The Kier molecular flexibility index (Phi) is 10.3. The van der Waals surface area contributed by atoms with Crippen molar-refractivity contribution in [1.29, 1.82) is 0 Å². The number of hydrogen-bond donors (Lipinski definition) is 0. The lowest BCUT2D eigenvalue weighted by molar-refractivity contribution is -0.345. The van der Waals surface area contributed by atoms with Crippen LogP contribution in [0.25, 0.3) is 16.9 Å². The zero-order valence-electron chi connectivity index (χ0n) is 22.0. The largest absolute Gasteiger partial charge is 0.493 e. The summed E-state index contributed by atoms with van der Waals surface area (Å²) in [5.74, 6) is 0. The van der Waals surface area contributed by atoms with Crippen LogP contribution in [0.3, 0.4) is 0 Å². The molecule has 0 bridgehead atoms. The van der Waals surface area contributed by atoms with Crippen LogP contribution in [-0.2, 0) is 12.8 Å². The predicted molar refractivity (Wildman–Crippen MR) is 147 cm³/mol. The topological polar surface area (TPSA) is 25.3 Å². The van der Waals surface area contributed by atoms with Crippen LogP contribution in [0.1, 0.15) is 114 Å². The highest BCUT2D eigenvalue weighted by Gasteiger charge is 2.34. The van der Waals surface area contributed by atoms with E-state index in [9.17, 15) is 5.53 Å². The summed E-state index contributed by atoms with van der Waals surface area (Å²) in [6, 6.07) is 17.7. The van der Waals surface area contributed by atoms with E-state index in [1.807, 2.05) is 0 Å². The van der Waals surface area contributed by atoms with Crippen molar-refractivity contribution in [2.24, 2.45) is 0 Å². The van der Waals surface area contributed by atoms with Crippen LogP contribution in [0.2, 0.25) is 0 Å². The van der Waals surface area contributed by atoms with Crippen molar-refractivity contribution in [3.05, 3.63) is 87.5 Å². The van der Waals surface area contributed by atoms with Crippen LogP contribution >= 0.6 is 0 Å². The summed E-state index contributed by atoms with van der Waals surface area (Å²) in [4.78, 5) is 0. The molecule has 0 aliphatic carbocycles. The van der Waals surface area contributed by atoms with E-state index in [-0.39, 0.29) is 0 Å². The second-order valence-corrected chi connectivity index (χ2v) is 9.74. The van der Waals surface area contributed by atoms with Gasteiger partial charge in [-0.15, -0.1) is 0 Å². The Morgan fingerprint density at radius 3 is 1.62 bits per heavy atom. The zero-order valence-corrected chi connectivity index (χ0v) is 22.0. The van der Waals surface area contributed by atoms with Crippen molar-refractivity contribution in [1.82, 2.24) is 0 Å². The maximum Gasteiger partial charge on any atom is 0.211 e. The van der Waals surface area contributed by atoms with E-state index >= 15 is 0 Å². The van der Waals surface area contributed by atoms with Gasteiger partial charge in [0.2, 0.25) is 11.4 Å². The average Bonchev–Trinajstić information content (AvgIpc) is 3.15. The van der Waals surface area contributed by atoms with Crippen molar-refractivity contribution in [2.45, 2.75) is 105 Å². The fourth-order valence-corrected chi connectivity index (χ4v) is 5.14. The SMILES string of the molecule is CCCCCCC1=C(c2cccc(CCCC)c2)[N+](=[N-])C(c2cccc(CCCC)c2)=C1CC. The number of nitrogens with zero attached hydrogens (tertiary/aromatic N) is 2. The first-order valence-electron chi connectivity index (χ1n) is 13.8. The van der Waals surface area contributed by atoms with Crippen LogP contribution in [0, 0.1) is 0 Å². The number of hydrogen-bond acceptors (Lipinski definition) is 0. The van der Waals surface area contributed by atoms with E-state index < -0.39 is 0 Å². The zero-order chi connectivity index (χ0) is 24.3. The van der Waals surface area contributed by atoms with Gasteiger partial charge < -0.3 is 5.53 Å². The monoisotopic (exact) mass is 456 g/mol. The molecule has 1 aliphatic heterocycles. The minimum Gasteiger partial charge on any atom is -0.493 e. The molecular formula is C32H44N2. The molecule has 0 unspecified atom stereocenters. The first kappa shape index (κ1) is 26.1. The molecule has 0 fully saturated rings. The minimum atomic E-state index is 0.924. The maximum absolute atomic E-state index is 11.7. The third-order valence-electron chi connectivity index (χ3n) is 7.03. The molecule has 34 heavy (non-hydrogen) atoms. The summed E-state index contributed by atoms with van der Waals surface area (Å²) in [5.41, 5.74) is 21.3. The van der Waals surface area contributed by atoms with Crippen molar-refractivity contribution >= 4 is 11.4 Å². The van der Waals surface area contributed by atoms with Gasteiger partial charge in [-0.2, -0.15) is 0 Å². The van der Waals surface area contributed by atoms with Crippen molar-refractivity contribution in [2.75, 3.05) is 0 Å². The van der Waals surface area contributed by atoms with E-state index in [1.54, 1.807) is 0 Å². The van der Waals surface area contributed by atoms with Gasteiger partial charge in [-0.25, -0.2) is 4.70 Å². The van der Waals surface area contributed by atoms with Gasteiger partial charge in [-0.05, 0) is 80.3 Å². The molecule has 3 rings (SSSR count). The highest BCUT2D eigenvalue weighted by Crippen LogP contribution is 2.44. The molecule has 0 saturated carbocycles. The van der Waals surface area contributed by atoms with Gasteiger partial charge in [0, 0.05) is 22.3 Å². The van der Waals surface area contributed by atoms with Gasteiger partial charge in [-0.3, -0.25) is 0 Å². The molecule has 0 amide bonds. The molecule has 0 spiro atoms. The van der Waals surface area contributed by atoms with E-state index in [1.165, 1.54) is 78.3 Å². The van der Waals surface area contributed by atoms with Gasteiger partial charge in [-0.1, -0.05) is 84.1 Å². The normalized spacial score (nSPS) is 13.9. The Labute approximate surface area is 208 Å². The van der Waals surface area contributed by atoms with Crippen molar-refractivity contribution in [3.8, 4) is 0 Å². The van der Waals surface area contributed by atoms with E-state index in [4.69, 9.17) is 0 Å². The van der Waals surface area contributed by atoms with Crippen LogP contribution < -0.4 is 0 Å². The average molecular weight is 457 g/mol. The lowest BCUT2D eigenvalue weighted by Gasteiger charge is -2.11. The quantitative estimate of drug-likeness (QED) is 0.200. The molecule has 182 valence electrons. The third-order valence-corrected chi connectivity index (χ3v) is 7.03. The maximum atomic E-state index is 11.7. The molecule has 1 heterocycles. The van der Waals surface area contributed by atoms with E-state index in [0.717, 1.165) is 48.2 Å². The lowest BCUT2D eigenvalue weighted by atomic mass is 9.92. The Bertz CT molecular complexity index is 1020. The van der Waals surface area contributed by atoms with Crippen LogP contribution in [-0.4, -0.2) is 4.70 Å². The molecule has 0 radical (unpaired) electrons. The fraction of sp³-hybridized carbons (Fsp3) is 0.500. The highest BCUT2D eigenvalue weighted by molar-refractivity contribution is 5.82. The Hall–Kier alpha value is -2.48. The summed E-state index contributed by atoms with van der Waals surface area (Å²) >= 11 is 0. The van der Waals surface area contributed by atoms with Crippen LogP contribution in [0.5, 0.6) is 0 Å². The van der Waals surface area contributed by atoms with E-state index in [0.29, 0.717) is 0 Å². The summed E-state index contributed by atoms with van der Waals surface area (Å²) in [6.07, 6.45) is 13.8. The first-order valence-corrected chi connectivity index (χ1v) is 13.8. The molecule has 2 aromatic rings. The molecule has 1 aliphatic rings. The molecule has 0 aromatic heterocycles. The van der Waals surface area contributed by atoms with Crippen molar-refractivity contribution < 1.29 is 4.70 Å². The van der Waals surface area contributed by atoms with Gasteiger partial charge >= 0.3 is 0 Å². The minimum absolute atomic E-state index is 0.924. The Morgan fingerprint density at radius 1 is 0.588 bits per heavy atom. The summed E-state index contributed by atoms with van der Waals surface area (Å²) in [7, 11) is 0. The first-order chi connectivity index (χ1) is 16.6. The molecule has 2 nitrogen and oxygen atoms in total. The number of benzene rings is 2. The second kappa shape index (κ2) is 13.4. The summed E-state index contributed by atoms with van der Waals surface area (Å²) in [6.45, 7) is 8.98. The Morgan fingerprint density at radius 2 is 1.12 bits per heavy atom. The molecule has 0 atom stereocenters. The number of allylic oxidation sites excluding steroid dienone is 2. The van der Waals surface area contributed by atoms with Gasteiger partial charge in [0.15, 0.2) is 0 Å². The molecular weight excluding hydrogens is 412 g/mol. The molecule has 0 saturated heterocycles. The van der Waals surface area contributed by atoms with Crippen LogP contribution in [0.15, 0.2) is 59.7 Å². The highest BCUT2D eigenvalue weighted by atomic mass is 15.2. The molecule has 0 N–H and O–H groups in total. The van der Waals surface area contributed by atoms with Gasteiger partial charge in [0.1, 0.15) is 0 Å². The summed E-state index contributed by atoms with van der Waals surface area (Å²) in [5, 5.41) is 0. The number of unbranched alkanes of at least 4 members (excludes halogenated alkanes) is 5. The third kappa shape index (κ3) is 6.34. The second-order valence-electron chi connectivity index (χ2n) is 9.74. The fourth-order valence-electron chi connectivity index (χ4n) is 5.14. The standard InChI is InChI=1S/C32H44N2/c1-5-9-12-13-22-30-29(8-4)31(27-20-14-18-25(23-27)16-10-6-2)34(33)32(30)28-21-15-19-26(24-28)17-11-7-3/h14-15,18-21,23-24H,5-13,16-17,22H2,1-4H3. The van der Waals surface area contributed by atoms with Crippen molar-refractivity contribution in [3.63, 3.8) is 0 Å². The van der Waals surface area contributed by atoms with Gasteiger partial charge in [0.25, 0.3) is 0 Å². The molecule has 2 aromatic carbocycles. The van der Waals surface area contributed by atoms with Crippen LogP contribution in [0.4, 0.5) is 0 Å². The number of aryl methyl sites for hydroxylation is 2. The van der Waals surface area contributed by atoms with Gasteiger partial charge in [0.05, 0.1) is 0 Å². The van der Waals surface area contributed by atoms with E-state index in [2.05, 4.69) is 76.2 Å². The number of rotatable bonds is 14. The molecule has 2 heteroatoms. The lowest BCUT2D eigenvalue weighted by Crippen LogP contribution is -2.03.